The molecule has 9 nitrogen and oxygen atoms in total. The van der Waals surface area contributed by atoms with E-state index in [0.717, 1.165) is 24.2 Å². The van der Waals surface area contributed by atoms with Crippen LogP contribution in [0.1, 0.15) is 40.0 Å². The van der Waals surface area contributed by atoms with Crippen LogP contribution in [0.5, 0.6) is 11.5 Å². The topological polar surface area (TPSA) is 116 Å². The number of carbonyl (C=O) groups excluding carboxylic acids is 5. The second kappa shape index (κ2) is 9.56. The number of nitrogens with zero attached hydrogens (tertiary/aromatic N) is 1. The summed E-state index contributed by atoms with van der Waals surface area (Å²) in [5.74, 6) is -1.82. The minimum atomic E-state index is -0.804. The van der Waals surface area contributed by atoms with Gasteiger partial charge in [-0.25, -0.2) is 4.79 Å². The van der Waals surface area contributed by atoms with E-state index in [9.17, 15) is 24.0 Å². The van der Waals surface area contributed by atoms with Gasteiger partial charge in [0.25, 0.3) is 0 Å². The Balaban J connectivity index is 1.12. The van der Waals surface area contributed by atoms with Gasteiger partial charge in [0, 0.05) is 5.56 Å². The molecular formula is C27H25NO8. The number of ether oxygens (including phenoxy) is 3. The highest BCUT2D eigenvalue weighted by Gasteiger charge is 2.61. The second-order valence-corrected chi connectivity index (χ2v) is 9.38. The molecule has 5 rings (SSSR count). The molecule has 3 aliphatic rings. The molecular weight excluding hydrogens is 466 g/mol. The maximum Gasteiger partial charge on any atom is 0.343 e. The van der Waals surface area contributed by atoms with Gasteiger partial charge in [0.05, 0.1) is 24.5 Å². The number of benzene rings is 2. The Hall–Kier alpha value is -4.01. The van der Waals surface area contributed by atoms with Crippen LogP contribution in [-0.2, 0) is 19.1 Å². The van der Waals surface area contributed by atoms with Crippen molar-refractivity contribution in [2.24, 2.45) is 23.7 Å². The molecule has 2 aromatic carbocycles. The average molecular weight is 491 g/mol. The van der Waals surface area contributed by atoms with E-state index in [1.54, 1.807) is 24.3 Å². The van der Waals surface area contributed by atoms with Crippen LogP contribution < -0.4 is 9.47 Å². The van der Waals surface area contributed by atoms with Crippen LogP contribution in [0.3, 0.4) is 0 Å². The van der Waals surface area contributed by atoms with Crippen molar-refractivity contribution in [1.82, 2.24) is 4.90 Å². The molecule has 186 valence electrons. The van der Waals surface area contributed by atoms with Gasteiger partial charge in [-0.3, -0.25) is 24.1 Å². The maximum atomic E-state index is 12.7. The van der Waals surface area contributed by atoms with Gasteiger partial charge in [0.1, 0.15) is 18.0 Å². The number of amides is 2. The summed E-state index contributed by atoms with van der Waals surface area (Å²) in [6.07, 6.45) is 2.83. The Morgan fingerprint density at radius 2 is 1.56 bits per heavy atom. The van der Waals surface area contributed by atoms with Crippen molar-refractivity contribution in [1.29, 1.82) is 0 Å². The largest absolute Gasteiger partial charge is 0.497 e. The predicted octanol–water partition coefficient (Wildman–Crippen LogP) is 2.67. The molecule has 2 aliphatic carbocycles. The van der Waals surface area contributed by atoms with Crippen LogP contribution in [0.2, 0.25) is 0 Å². The molecule has 0 unspecified atom stereocenters. The lowest BCUT2D eigenvalue weighted by Crippen LogP contribution is -2.38. The van der Waals surface area contributed by atoms with Gasteiger partial charge in [-0.05, 0) is 73.6 Å². The van der Waals surface area contributed by atoms with Gasteiger partial charge < -0.3 is 14.2 Å². The smallest absolute Gasteiger partial charge is 0.343 e. The number of carbonyl (C=O) groups is 5. The summed E-state index contributed by atoms with van der Waals surface area (Å²) in [6.45, 7) is -1.01. The minimum absolute atomic E-state index is 0.233. The van der Waals surface area contributed by atoms with Crippen molar-refractivity contribution in [3.05, 3.63) is 59.7 Å². The zero-order valence-corrected chi connectivity index (χ0v) is 19.7. The first-order chi connectivity index (χ1) is 17.4. The molecule has 4 atom stereocenters. The van der Waals surface area contributed by atoms with Crippen LogP contribution in [-0.4, -0.2) is 54.7 Å². The molecule has 1 saturated heterocycles. The molecule has 1 heterocycles. The fourth-order valence-corrected chi connectivity index (χ4v) is 5.66. The Morgan fingerprint density at radius 1 is 0.889 bits per heavy atom. The molecule has 0 aromatic heterocycles. The summed E-state index contributed by atoms with van der Waals surface area (Å²) in [5.41, 5.74) is 0.566. The first kappa shape index (κ1) is 23.7. The van der Waals surface area contributed by atoms with Crippen molar-refractivity contribution in [2.75, 3.05) is 20.3 Å². The summed E-state index contributed by atoms with van der Waals surface area (Å²) in [7, 11) is 1.50. The van der Waals surface area contributed by atoms with Crippen LogP contribution in [0.25, 0.3) is 0 Å². The number of ketones is 1. The lowest BCUT2D eigenvalue weighted by Gasteiger charge is -2.19. The number of Topliss-reactive ketones (excluding diaryl/α,β-unsaturated/α-hetero) is 1. The minimum Gasteiger partial charge on any atom is -0.497 e. The van der Waals surface area contributed by atoms with Gasteiger partial charge >= 0.3 is 11.9 Å². The first-order valence-corrected chi connectivity index (χ1v) is 11.9. The average Bonchev–Trinajstić information content (AvgIpc) is 3.58. The summed E-state index contributed by atoms with van der Waals surface area (Å²) < 4.78 is 15.5. The molecule has 2 bridgehead atoms. The zero-order valence-electron chi connectivity index (χ0n) is 19.7. The van der Waals surface area contributed by atoms with E-state index in [4.69, 9.17) is 14.2 Å². The number of methoxy groups -OCH3 is 1. The standard InChI is InChI=1S/C27H25NO8/c1-34-20-4-2-3-18(12-20)27(33)36-19-9-7-15(8-10-19)21(29)14-35-22(30)13-28-25(31)23-16-5-6-17(11-16)24(23)26(28)32/h2-4,7-10,12,16-17,23-24H,5-6,11,13-14H2,1H3/t16-,17+,23-,24+. The molecule has 2 aromatic rings. The molecule has 0 N–H and O–H groups in total. The highest BCUT2D eigenvalue weighted by Crippen LogP contribution is 2.56. The number of hydrogen-bond donors (Lipinski definition) is 0. The van der Waals surface area contributed by atoms with E-state index >= 15 is 0 Å². The van der Waals surface area contributed by atoms with E-state index in [1.807, 2.05) is 0 Å². The van der Waals surface area contributed by atoms with E-state index in [1.165, 1.54) is 31.4 Å². The molecule has 0 radical (unpaired) electrons. The van der Waals surface area contributed by atoms with E-state index < -0.39 is 30.9 Å². The summed E-state index contributed by atoms with van der Waals surface area (Å²) in [5, 5.41) is 0. The fourth-order valence-electron chi connectivity index (χ4n) is 5.66. The number of esters is 2. The van der Waals surface area contributed by atoms with Gasteiger partial charge in [0.15, 0.2) is 12.4 Å². The van der Waals surface area contributed by atoms with Crippen LogP contribution in [0.15, 0.2) is 48.5 Å². The number of imide groups is 1. The summed E-state index contributed by atoms with van der Waals surface area (Å²) in [4.78, 5) is 63.5. The maximum absolute atomic E-state index is 12.7. The Kier molecular flexibility index (Phi) is 6.30. The second-order valence-electron chi connectivity index (χ2n) is 9.38. The first-order valence-electron chi connectivity index (χ1n) is 11.9. The molecule has 1 aliphatic heterocycles. The van der Waals surface area contributed by atoms with Gasteiger partial charge in [0.2, 0.25) is 11.8 Å². The van der Waals surface area contributed by atoms with Crippen molar-refractivity contribution >= 4 is 29.5 Å². The van der Waals surface area contributed by atoms with E-state index in [0.29, 0.717) is 11.3 Å². The van der Waals surface area contributed by atoms with Crippen LogP contribution in [0.4, 0.5) is 0 Å². The fraction of sp³-hybridized carbons (Fsp3) is 0.370. The normalized spacial score (nSPS) is 24.0. The van der Waals surface area contributed by atoms with Gasteiger partial charge in [-0.1, -0.05) is 6.07 Å². The lowest BCUT2D eigenvalue weighted by atomic mass is 9.81. The predicted molar refractivity (Wildman–Crippen MR) is 124 cm³/mol. The molecule has 3 fully saturated rings. The molecule has 2 amide bonds. The number of hydrogen-bond acceptors (Lipinski definition) is 8. The third-order valence-electron chi connectivity index (χ3n) is 7.36. The van der Waals surface area contributed by atoms with Crippen LogP contribution >= 0.6 is 0 Å². The Bertz CT molecular complexity index is 1210. The van der Waals surface area contributed by atoms with Crippen molar-refractivity contribution < 1.29 is 38.2 Å². The Labute approximate surface area is 207 Å². The zero-order chi connectivity index (χ0) is 25.4. The third kappa shape index (κ3) is 4.36. The summed E-state index contributed by atoms with van der Waals surface area (Å²) in [6, 6.07) is 12.3. The van der Waals surface area contributed by atoms with Crippen molar-refractivity contribution in [3.63, 3.8) is 0 Å². The van der Waals surface area contributed by atoms with Crippen molar-refractivity contribution in [2.45, 2.75) is 19.3 Å². The van der Waals surface area contributed by atoms with E-state index in [-0.39, 0.29) is 46.8 Å². The Morgan fingerprint density at radius 3 is 2.19 bits per heavy atom. The van der Waals surface area contributed by atoms with Crippen molar-refractivity contribution in [3.8, 4) is 11.5 Å². The molecule has 9 heteroatoms. The molecule has 2 saturated carbocycles. The highest BCUT2D eigenvalue weighted by molar-refractivity contribution is 6.08. The monoisotopic (exact) mass is 491 g/mol. The molecule has 36 heavy (non-hydrogen) atoms. The van der Waals surface area contributed by atoms with Crippen LogP contribution in [0, 0.1) is 23.7 Å². The SMILES string of the molecule is COc1cccc(C(=O)Oc2ccc(C(=O)COC(=O)CN3C(=O)[C@@H]4[C@@H]5CC[C@@H](C5)[C@@H]4C3=O)cc2)c1. The summed E-state index contributed by atoms with van der Waals surface area (Å²) >= 11 is 0. The number of rotatable bonds is 8. The van der Waals surface area contributed by atoms with Gasteiger partial charge in [-0.2, -0.15) is 0 Å². The van der Waals surface area contributed by atoms with E-state index in [2.05, 4.69) is 0 Å². The number of fused-ring (bicyclic) bond motifs is 5. The highest BCUT2D eigenvalue weighted by atomic mass is 16.5. The van der Waals surface area contributed by atoms with Gasteiger partial charge in [-0.15, -0.1) is 0 Å². The quantitative estimate of drug-likeness (QED) is 0.240. The number of likely N-dealkylation sites (tertiary alicyclic amines) is 1. The lowest BCUT2D eigenvalue weighted by molar-refractivity contribution is -0.152. The third-order valence-corrected chi connectivity index (χ3v) is 7.36. The molecule has 0 spiro atoms.